The van der Waals surface area contributed by atoms with Crippen LogP contribution in [0, 0.1) is 12.8 Å². The van der Waals surface area contributed by atoms with Gasteiger partial charge in [0.05, 0.1) is 0 Å². The number of aryl methyl sites for hydroxylation is 1. The Bertz CT molecular complexity index is 273. The molecule has 13 heavy (non-hydrogen) atoms. The van der Waals surface area contributed by atoms with Crippen LogP contribution in [-0.4, -0.2) is 0 Å². The van der Waals surface area contributed by atoms with Gasteiger partial charge in [0, 0.05) is 0 Å². The zero-order valence-electron chi connectivity index (χ0n) is 9.22. The first kappa shape index (κ1) is 10.3. The highest BCUT2D eigenvalue weighted by Crippen LogP contribution is 2.26. The van der Waals surface area contributed by atoms with Crippen LogP contribution in [0.1, 0.15) is 37.5 Å². The molecule has 1 unspecified atom stereocenters. The Hall–Kier alpha value is -0.780. The van der Waals surface area contributed by atoms with Crippen molar-refractivity contribution < 1.29 is 0 Å². The maximum Gasteiger partial charge on any atom is -0.0247 e. The van der Waals surface area contributed by atoms with Gasteiger partial charge >= 0.3 is 0 Å². The Morgan fingerprint density at radius 2 is 1.69 bits per heavy atom. The van der Waals surface area contributed by atoms with Crippen molar-refractivity contribution in [2.45, 2.75) is 40.5 Å². The van der Waals surface area contributed by atoms with Crippen molar-refractivity contribution in [2.75, 3.05) is 0 Å². The fraction of sp³-hybridized carbons (Fsp3) is 0.538. The Balaban J connectivity index is 0.000000396. The maximum absolute atomic E-state index is 2.33. The van der Waals surface area contributed by atoms with Crippen molar-refractivity contribution in [3.63, 3.8) is 0 Å². The summed E-state index contributed by atoms with van der Waals surface area (Å²) in [5, 5.41) is 0. The van der Waals surface area contributed by atoms with Gasteiger partial charge in [0.1, 0.15) is 0 Å². The van der Waals surface area contributed by atoms with E-state index >= 15 is 0 Å². The summed E-state index contributed by atoms with van der Waals surface area (Å²) in [5.41, 5.74) is 4.55. The van der Waals surface area contributed by atoms with E-state index in [0.717, 1.165) is 5.92 Å². The van der Waals surface area contributed by atoms with Gasteiger partial charge in [-0.2, -0.15) is 0 Å². The number of rotatable bonds is 0. The van der Waals surface area contributed by atoms with Crippen LogP contribution in [0.2, 0.25) is 0 Å². The molecule has 1 aliphatic rings. The minimum atomic E-state index is 0.867. The maximum atomic E-state index is 2.33. The Morgan fingerprint density at radius 3 is 2.38 bits per heavy atom. The second-order valence-corrected chi connectivity index (χ2v) is 3.79. The fourth-order valence-electron chi connectivity index (χ4n) is 1.97. The van der Waals surface area contributed by atoms with Crippen molar-refractivity contribution in [1.29, 1.82) is 0 Å². The molecule has 0 aliphatic heterocycles. The minimum Gasteiger partial charge on any atom is -0.0683 e. The zero-order chi connectivity index (χ0) is 9.84. The van der Waals surface area contributed by atoms with Crippen LogP contribution in [-0.2, 0) is 12.8 Å². The van der Waals surface area contributed by atoms with E-state index in [4.69, 9.17) is 0 Å². The third-order valence-corrected chi connectivity index (χ3v) is 2.50. The third kappa shape index (κ3) is 2.33. The molecule has 0 heterocycles. The molecule has 0 saturated heterocycles. The second-order valence-electron chi connectivity index (χ2n) is 3.79. The van der Waals surface area contributed by atoms with E-state index in [1.807, 2.05) is 13.8 Å². The predicted octanol–water partition coefficient (Wildman–Crippen LogP) is 3.76. The van der Waals surface area contributed by atoms with E-state index in [1.54, 1.807) is 11.1 Å². The lowest BCUT2D eigenvalue weighted by molar-refractivity contribution is 0.628. The molecule has 0 amide bonds. The van der Waals surface area contributed by atoms with E-state index in [9.17, 15) is 0 Å². The molecule has 0 N–H and O–H groups in total. The van der Waals surface area contributed by atoms with Crippen molar-refractivity contribution in [1.82, 2.24) is 0 Å². The molecule has 0 radical (unpaired) electrons. The van der Waals surface area contributed by atoms with E-state index < -0.39 is 0 Å². The standard InChI is InChI=1S/C11H14.C2H6/c1-8-3-4-10-6-9(2)7-11(10)5-8;1-2/h3-5,9H,6-7H2,1-2H3;1-2H3. The molecule has 1 aromatic rings. The molecule has 72 valence electrons. The fourth-order valence-corrected chi connectivity index (χ4v) is 1.97. The van der Waals surface area contributed by atoms with E-state index in [2.05, 4.69) is 32.0 Å². The molecule has 1 atom stereocenters. The topological polar surface area (TPSA) is 0 Å². The SMILES string of the molecule is CC.Cc1ccc2c(c1)CC(C)C2. The van der Waals surface area contributed by atoms with Gasteiger partial charge in [-0.3, -0.25) is 0 Å². The lowest BCUT2D eigenvalue weighted by Gasteiger charge is -1.98. The van der Waals surface area contributed by atoms with Crippen molar-refractivity contribution in [3.05, 3.63) is 34.9 Å². The lowest BCUT2D eigenvalue weighted by Crippen LogP contribution is -1.89. The van der Waals surface area contributed by atoms with E-state index in [1.165, 1.54) is 18.4 Å². The van der Waals surface area contributed by atoms with Gasteiger partial charge in [0.25, 0.3) is 0 Å². The molecule has 1 aliphatic carbocycles. The van der Waals surface area contributed by atoms with Gasteiger partial charge < -0.3 is 0 Å². The normalized spacial score (nSPS) is 18.9. The average molecular weight is 176 g/mol. The summed E-state index contributed by atoms with van der Waals surface area (Å²) in [4.78, 5) is 0. The van der Waals surface area contributed by atoms with Crippen LogP contribution in [0.3, 0.4) is 0 Å². The van der Waals surface area contributed by atoms with Gasteiger partial charge in [0.15, 0.2) is 0 Å². The summed E-state index contributed by atoms with van der Waals surface area (Å²) in [6.45, 7) is 8.50. The summed E-state index contributed by atoms with van der Waals surface area (Å²) in [6, 6.07) is 6.84. The Morgan fingerprint density at radius 1 is 1.08 bits per heavy atom. The summed E-state index contributed by atoms with van der Waals surface area (Å²) in [6.07, 6.45) is 2.58. The van der Waals surface area contributed by atoms with Crippen LogP contribution in [0.4, 0.5) is 0 Å². The number of fused-ring (bicyclic) bond motifs is 1. The highest BCUT2D eigenvalue weighted by Gasteiger charge is 2.16. The van der Waals surface area contributed by atoms with Gasteiger partial charge in [0.2, 0.25) is 0 Å². The van der Waals surface area contributed by atoms with Gasteiger partial charge in [-0.15, -0.1) is 0 Å². The number of benzene rings is 1. The molecule has 0 aromatic heterocycles. The largest absolute Gasteiger partial charge is 0.0683 e. The molecule has 0 heteroatoms. The van der Waals surface area contributed by atoms with Gasteiger partial charge in [-0.05, 0) is 36.8 Å². The monoisotopic (exact) mass is 176 g/mol. The van der Waals surface area contributed by atoms with Crippen LogP contribution in [0.15, 0.2) is 18.2 Å². The minimum absolute atomic E-state index is 0.867. The number of hydrogen-bond acceptors (Lipinski definition) is 0. The third-order valence-electron chi connectivity index (χ3n) is 2.50. The van der Waals surface area contributed by atoms with E-state index in [-0.39, 0.29) is 0 Å². The first-order chi connectivity index (χ1) is 6.25. The van der Waals surface area contributed by atoms with Crippen molar-refractivity contribution >= 4 is 0 Å². The molecule has 2 rings (SSSR count). The molecular formula is C13H20. The average Bonchev–Trinajstić information content (AvgIpc) is 2.48. The smallest absolute Gasteiger partial charge is 0.0247 e. The highest BCUT2D eigenvalue weighted by atomic mass is 14.2. The van der Waals surface area contributed by atoms with E-state index in [0.29, 0.717) is 0 Å². The molecule has 0 bridgehead atoms. The Labute approximate surface area is 82.0 Å². The molecule has 0 fully saturated rings. The first-order valence-electron chi connectivity index (χ1n) is 5.34. The Kier molecular flexibility index (Phi) is 3.53. The summed E-state index contributed by atoms with van der Waals surface area (Å²) in [7, 11) is 0. The molecule has 1 aromatic carbocycles. The summed E-state index contributed by atoms with van der Waals surface area (Å²) in [5.74, 6) is 0.867. The highest BCUT2D eigenvalue weighted by molar-refractivity contribution is 5.35. The van der Waals surface area contributed by atoms with Gasteiger partial charge in [-0.25, -0.2) is 0 Å². The van der Waals surface area contributed by atoms with Gasteiger partial charge in [-0.1, -0.05) is 44.5 Å². The van der Waals surface area contributed by atoms with Crippen LogP contribution in [0.5, 0.6) is 0 Å². The number of hydrogen-bond donors (Lipinski definition) is 0. The van der Waals surface area contributed by atoms with Crippen LogP contribution in [0.25, 0.3) is 0 Å². The van der Waals surface area contributed by atoms with Crippen LogP contribution < -0.4 is 0 Å². The first-order valence-corrected chi connectivity index (χ1v) is 5.34. The summed E-state index contributed by atoms with van der Waals surface area (Å²) >= 11 is 0. The predicted molar refractivity (Wildman–Crippen MR) is 59.1 cm³/mol. The molecule has 0 nitrogen and oxygen atoms in total. The molecule has 0 spiro atoms. The molecular weight excluding hydrogens is 156 g/mol. The van der Waals surface area contributed by atoms with Crippen molar-refractivity contribution in [3.8, 4) is 0 Å². The van der Waals surface area contributed by atoms with Crippen LogP contribution >= 0.6 is 0 Å². The quantitative estimate of drug-likeness (QED) is 0.564. The second kappa shape index (κ2) is 4.45. The molecule has 0 saturated carbocycles. The summed E-state index contributed by atoms with van der Waals surface area (Å²) < 4.78 is 0. The van der Waals surface area contributed by atoms with Crippen molar-refractivity contribution in [2.24, 2.45) is 5.92 Å². The lowest BCUT2D eigenvalue weighted by atomic mass is 10.1. The zero-order valence-corrected chi connectivity index (χ0v) is 9.22.